The van der Waals surface area contributed by atoms with Gasteiger partial charge in [0.1, 0.15) is 11.6 Å². The quantitative estimate of drug-likeness (QED) is 0.374. The second kappa shape index (κ2) is 5.30. The van der Waals surface area contributed by atoms with Crippen molar-refractivity contribution in [2.45, 2.75) is 25.4 Å². The summed E-state index contributed by atoms with van der Waals surface area (Å²) in [6.07, 6.45) is 1.68. The number of halogens is 2. The SMILES string of the molecule is NC(=NO)C1CCCN1Cc1ccc(F)cc1F. The molecule has 1 unspecified atom stereocenters. The zero-order valence-electron chi connectivity index (χ0n) is 9.81. The lowest BCUT2D eigenvalue weighted by atomic mass is 10.1. The van der Waals surface area contributed by atoms with Crippen molar-refractivity contribution in [2.24, 2.45) is 10.9 Å². The summed E-state index contributed by atoms with van der Waals surface area (Å²) in [4.78, 5) is 1.92. The van der Waals surface area contributed by atoms with Crippen molar-refractivity contribution in [2.75, 3.05) is 6.54 Å². The van der Waals surface area contributed by atoms with Gasteiger partial charge in [0.05, 0.1) is 6.04 Å². The lowest BCUT2D eigenvalue weighted by Crippen LogP contribution is -2.40. The van der Waals surface area contributed by atoms with Crippen LogP contribution in [0.4, 0.5) is 8.78 Å². The minimum atomic E-state index is -0.592. The molecule has 0 spiro atoms. The minimum absolute atomic E-state index is 0.134. The predicted octanol–water partition coefficient (Wildman–Crippen LogP) is 1.68. The number of nitrogens with two attached hydrogens (primary N) is 1. The number of hydrogen-bond acceptors (Lipinski definition) is 3. The Balaban J connectivity index is 2.13. The number of rotatable bonds is 3. The Morgan fingerprint density at radius 3 is 2.94 bits per heavy atom. The van der Waals surface area contributed by atoms with Gasteiger partial charge in [-0.1, -0.05) is 11.2 Å². The fourth-order valence-corrected chi connectivity index (χ4v) is 2.29. The first-order valence-electron chi connectivity index (χ1n) is 5.77. The lowest BCUT2D eigenvalue weighted by Gasteiger charge is -2.23. The number of hydrogen-bond donors (Lipinski definition) is 2. The highest BCUT2D eigenvalue weighted by molar-refractivity contribution is 5.85. The largest absolute Gasteiger partial charge is 0.409 e. The maximum atomic E-state index is 13.5. The highest BCUT2D eigenvalue weighted by atomic mass is 19.1. The molecular formula is C12H15F2N3O. The lowest BCUT2D eigenvalue weighted by molar-refractivity contribution is 0.272. The molecule has 1 heterocycles. The monoisotopic (exact) mass is 255 g/mol. The average molecular weight is 255 g/mol. The van der Waals surface area contributed by atoms with Gasteiger partial charge in [-0.15, -0.1) is 0 Å². The summed E-state index contributed by atoms with van der Waals surface area (Å²) in [5.74, 6) is -1.03. The average Bonchev–Trinajstić information content (AvgIpc) is 2.80. The van der Waals surface area contributed by atoms with Crippen LogP contribution in [-0.4, -0.2) is 28.5 Å². The molecule has 0 saturated carbocycles. The van der Waals surface area contributed by atoms with Gasteiger partial charge in [0, 0.05) is 18.2 Å². The smallest absolute Gasteiger partial charge is 0.156 e. The second-order valence-corrected chi connectivity index (χ2v) is 4.39. The van der Waals surface area contributed by atoms with Gasteiger partial charge in [-0.2, -0.15) is 0 Å². The van der Waals surface area contributed by atoms with E-state index in [2.05, 4.69) is 5.16 Å². The molecule has 1 aromatic rings. The van der Waals surface area contributed by atoms with Crippen LogP contribution in [0.15, 0.2) is 23.4 Å². The highest BCUT2D eigenvalue weighted by Gasteiger charge is 2.28. The standard InChI is InChI=1S/C12H15F2N3O/c13-9-4-3-8(10(14)6-9)7-17-5-1-2-11(17)12(15)16-18/h3-4,6,11,18H,1-2,5,7H2,(H2,15,16). The van der Waals surface area contributed by atoms with Crippen LogP contribution in [0.3, 0.4) is 0 Å². The van der Waals surface area contributed by atoms with Crippen molar-refractivity contribution < 1.29 is 14.0 Å². The van der Waals surface area contributed by atoms with Crippen LogP contribution in [0, 0.1) is 11.6 Å². The predicted molar refractivity (Wildman–Crippen MR) is 63.2 cm³/mol. The van der Waals surface area contributed by atoms with Crippen molar-refractivity contribution >= 4 is 5.84 Å². The molecule has 18 heavy (non-hydrogen) atoms. The zero-order valence-corrected chi connectivity index (χ0v) is 9.81. The number of likely N-dealkylation sites (tertiary alicyclic amines) is 1. The van der Waals surface area contributed by atoms with Crippen LogP contribution in [0.2, 0.25) is 0 Å². The Bertz CT molecular complexity index is 465. The summed E-state index contributed by atoms with van der Waals surface area (Å²) >= 11 is 0. The molecule has 1 saturated heterocycles. The van der Waals surface area contributed by atoms with Gasteiger partial charge in [0.15, 0.2) is 5.84 Å². The van der Waals surface area contributed by atoms with Gasteiger partial charge in [-0.3, -0.25) is 4.90 Å². The molecule has 4 nitrogen and oxygen atoms in total. The van der Waals surface area contributed by atoms with E-state index in [1.54, 1.807) is 0 Å². The zero-order chi connectivity index (χ0) is 13.1. The van der Waals surface area contributed by atoms with Crippen LogP contribution < -0.4 is 5.73 Å². The van der Waals surface area contributed by atoms with Crippen LogP contribution in [0.1, 0.15) is 18.4 Å². The topological polar surface area (TPSA) is 61.9 Å². The van der Waals surface area contributed by atoms with Crippen LogP contribution >= 0.6 is 0 Å². The molecule has 2 rings (SSSR count). The Morgan fingerprint density at radius 1 is 1.50 bits per heavy atom. The molecule has 98 valence electrons. The molecule has 0 aromatic heterocycles. The van der Waals surface area contributed by atoms with Gasteiger partial charge in [0.25, 0.3) is 0 Å². The molecular weight excluding hydrogens is 240 g/mol. The number of oxime groups is 1. The molecule has 0 radical (unpaired) electrons. The molecule has 1 atom stereocenters. The summed E-state index contributed by atoms with van der Waals surface area (Å²) in [5.41, 5.74) is 6.00. The molecule has 1 aliphatic heterocycles. The van der Waals surface area contributed by atoms with Crippen molar-refractivity contribution in [3.63, 3.8) is 0 Å². The molecule has 6 heteroatoms. The normalized spacial score (nSPS) is 21.4. The molecule has 3 N–H and O–H groups in total. The maximum absolute atomic E-state index is 13.5. The van der Waals surface area contributed by atoms with E-state index in [1.807, 2.05) is 4.90 Å². The van der Waals surface area contributed by atoms with E-state index in [9.17, 15) is 8.78 Å². The van der Waals surface area contributed by atoms with Gasteiger partial charge in [0.2, 0.25) is 0 Å². The molecule has 1 aromatic carbocycles. The van der Waals surface area contributed by atoms with E-state index in [0.29, 0.717) is 12.1 Å². The first-order chi connectivity index (χ1) is 8.61. The van der Waals surface area contributed by atoms with Crippen molar-refractivity contribution in [3.8, 4) is 0 Å². The van der Waals surface area contributed by atoms with Gasteiger partial charge in [-0.25, -0.2) is 8.78 Å². The number of amidine groups is 1. The summed E-state index contributed by atoms with van der Waals surface area (Å²) in [7, 11) is 0. The van der Waals surface area contributed by atoms with Crippen LogP contribution in [-0.2, 0) is 6.54 Å². The summed E-state index contributed by atoms with van der Waals surface area (Å²) in [6, 6.07) is 3.34. The molecule has 1 fully saturated rings. The third kappa shape index (κ3) is 2.59. The Morgan fingerprint density at radius 2 is 2.28 bits per heavy atom. The van der Waals surface area contributed by atoms with E-state index >= 15 is 0 Å². The highest BCUT2D eigenvalue weighted by Crippen LogP contribution is 2.21. The van der Waals surface area contributed by atoms with Gasteiger partial charge < -0.3 is 10.9 Å². The Labute approximate surface area is 104 Å². The van der Waals surface area contributed by atoms with E-state index in [-0.39, 0.29) is 11.9 Å². The molecule has 1 aliphatic rings. The van der Waals surface area contributed by atoms with E-state index in [4.69, 9.17) is 10.9 Å². The third-order valence-corrected chi connectivity index (χ3v) is 3.21. The van der Waals surface area contributed by atoms with Gasteiger partial charge >= 0.3 is 0 Å². The Hall–Kier alpha value is -1.69. The summed E-state index contributed by atoms with van der Waals surface area (Å²) in [5, 5.41) is 11.7. The summed E-state index contributed by atoms with van der Waals surface area (Å²) in [6.45, 7) is 1.07. The Kier molecular flexibility index (Phi) is 3.76. The summed E-state index contributed by atoms with van der Waals surface area (Å²) < 4.78 is 26.3. The number of nitrogens with zero attached hydrogens (tertiary/aromatic N) is 2. The van der Waals surface area contributed by atoms with Crippen molar-refractivity contribution in [1.29, 1.82) is 0 Å². The fourth-order valence-electron chi connectivity index (χ4n) is 2.29. The minimum Gasteiger partial charge on any atom is -0.409 e. The maximum Gasteiger partial charge on any atom is 0.156 e. The third-order valence-electron chi connectivity index (χ3n) is 3.21. The van der Waals surface area contributed by atoms with E-state index in [0.717, 1.165) is 25.5 Å². The fraction of sp³-hybridized carbons (Fsp3) is 0.417. The molecule has 0 amide bonds. The first kappa shape index (κ1) is 12.8. The van der Waals surface area contributed by atoms with Crippen LogP contribution in [0.25, 0.3) is 0 Å². The number of benzene rings is 1. The van der Waals surface area contributed by atoms with Crippen molar-refractivity contribution in [1.82, 2.24) is 4.90 Å². The first-order valence-corrected chi connectivity index (χ1v) is 5.77. The molecule has 0 bridgehead atoms. The second-order valence-electron chi connectivity index (χ2n) is 4.39. The van der Waals surface area contributed by atoms with Crippen molar-refractivity contribution in [3.05, 3.63) is 35.4 Å². The van der Waals surface area contributed by atoms with E-state index < -0.39 is 11.6 Å². The van der Waals surface area contributed by atoms with Gasteiger partial charge in [-0.05, 0) is 25.5 Å². The van der Waals surface area contributed by atoms with Crippen LogP contribution in [0.5, 0.6) is 0 Å². The molecule has 0 aliphatic carbocycles. The van der Waals surface area contributed by atoms with E-state index in [1.165, 1.54) is 12.1 Å².